The number of methoxy groups -OCH3 is 1. The molecule has 0 amide bonds. The molecular formula is C15H25N3O3. The summed E-state index contributed by atoms with van der Waals surface area (Å²) >= 11 is 0. The highest BCUT2D eigenvalue weighted by Gasteiger charge is 2.10. The SMILES string of the molecule is COCCOCCOc1cncc(N2CCCNCC2)c1. The van der Waals surface area contributed by atoms with Gasteiger partial charge >= 0.3 is 0 Å². The van der Waals surface area contributed by atoms with E-state index in [9.17, 15) is 0 Å². The predicted octanol–water partition coefficient (Wildman–Crippen LogP) is 0.923. The summed E-state index contributed by atoms with van der Waals surface area (Å²) in [7, 11) is 1.66. The van der Waals surface area contributed by atoms with Gasteiger partial charge in [0.25, 0.3) is 0 Å². The summed E-state index contributed by atoms with van der Waals surface area (Å²) < 4.78 is 16.0. The third kappa shape index (κ3) is 5.87. The lowest BCUT2D eigenvalue weighted by atomic mass is 10.3. The molecule has 0 aromatic carbocycles. The van der Waals surface area contributed by atoms with Gasteiger partial charge in [0.05, 0.1) is 37.9 Å². The molecule has 0 atom stereocenters. The van der Waals surface area contributed by atoms with Gasteiger partial charge in [-0.25, -0.2) is 0 Å². The molecular weight excluding hydrogens is 270 g/mol. The molecule has 0 aliphatic carbocycles. The summed E-state index contributed by atoms with van der Waals surface area (Å²) in [5.74, 6) is 0.792. The van der Waals surface area contributed by atoms with Crippen molar-refractivity contribution in [3.63, 3.8) is 0 Å². The van der Waals surface area contributed by atoms with Crippen molar-refractivity contribution in [2.45, 2.75) is 6.42 Å². The van der Waals surface area contributed by atoms with Crippen molar-refractivity contribution in [1.29, 1.82) is 0 Å². The summed E-state index contributed by atoms with van der Waals surface area (Å²) in [5, 5.41) is 3.40. The van der Waals surface area contributed by atoms with Crippen molar-refractivity contribution in [2.24, 2.45) is 0 Å². The standard InChI is InChI=1S/C15H25N3O3/c1-19-7-8-20-9-10-21-15-11-14(12-17-13-15)18-5-2-3-16-4-6-18/h11-13,16H,2-10H2,1H3. The van der Waals surface area contributed by atoms with Gasteiger partial charge in [-0.05, 0) is 13.0 Å². The Hall–Kier alpha value is -1.37. The average Bonchev–Trinajstić information content (AvgIpc) is 2.80. The van der Waals surface area contributed by atoms with Crippen LogP contribution in [-0.2, 0) is 9.47 Å². The number of ether oxygens (including phenoxy) is 3. The molecule has 1 fully saturated rings. The van der Waals surface area contributed by atoms with Gasteiger partial charge in [0, 0.05) is 32.8 Å². The van der Waals surface area contributed by atoms with E-state index in [1.165, 1.54) is 0 Å². The molecule has 2 heterocycles. The van der Waals surface area contributed by atoms with Crippen LogP contribution in [0.2, 0.25) is 0 Å². The molecule has 2 rings (SSSR count). The Labute approximate surface area is 126 Å². The minimum Gasteiger partial charge on any atom is -0.489 e. The highest BCUT2D eigenvalue weighted by atomic mass is 16.5. The number of hydrogen-bond acceptors (Lipinski definition) is 6. The van der Waals surface area contributed by atoms with Crippen molar-refractivity contribution in [2.75, 3.05) is 64.6 Å². The summed E-state index contributed by atoms with van der Waals surface area (Å²) in [4.78, 5) is 6.61. The molecule has 0 saturated carbocycles. The van der Waals surface area contributed by atoms with Crippen LogP contribution in [0, 0.1) is 0 Å². The van der Waals surface area contributed by atoms with Crippen LogP contribution in [0.25, 0.3) is 0 Å². The lowest BCUT2D eigenvalue weighted by Gasteiger charge is -2.22. The molecule has 0 spiro atoms. The average molecular weight is 295 g/mol. The normalized spacial score (nSPS) is 15.8. The number of nitrogens with zero attached hydrogens (tertiary/aromatic N) is 2. The first-order valence-electron chi connectivity index (χ1n) is 7.50. The van der Waals surface area contributed by atoms with E-state index in [1.54, 1.807) is 13.3 Å². The van der Waals surface area contributed by atoms with Crippen molar-refractivity contribution in [3.05, 3.63) is 18.5 Å². The molecule has 118 valence electrons. The van der Waals surface area contributed by atoms with Crippen LogP contribution in [-0.4, -0.2) is 64.7 Å². The van der Waals surface area contributed by atoms with Gasteiger partial charge in [0.2, 0.25) is 0 Å². The zero-order valence-electron chi connectivity index (χ0n) is 12.7. The molecule has 1 aromatic heterocycles. The monoisotopic (exact) mass is 295 g/mol. The fourth-order valence-corrected chi connectivity index (χ4v) is 2.23. The first-order chi connectivity index (χ1) is 10.4. The van der Waals surface area contributed by atoms with Crippen LogP contribution in [0.15, 0.2) is 18.5 Å². The van der Waals surface area contributed by atoms with E-state index in [0.29, 0.717) is 26.4 Å². The minimum absolute atomic E-state index is 0.524. The molecule has 1 aliphatic rings. The van der Waals surface area contributed by atoms with Crippen LogP contribution in [0.1, 0.15) is 6.42 Å². The lowest BCUT2D eigenvalue weighted by molar-refractivity contribution is 0.0544. The van der Waals surface area contributed by atoms with Crippen LogP contribution in [0.5, 0.6) is 5.75 Å². The zero-order valence-corrected chi connectivity index (χ0v) is 12.7. The van der Waals surface area contributed by atoms with E-state index >= 15 is 0 Å². The smallest absolute Gasteiger partial charge is 0.139 e. The number of aromatic nitrogens is 1. The Morgan fingerprint density at radius 1 is 1.14 bits per heavy atom. The van der Waals surface area contributed by atoms with Crippen molar-refractivity contribution in [1.82, 2.24) is 10.3 Å². The number of hydrogen-bond donors (Lipinski definition) is 1. The van der Waals surface area contributed by atoms with Gasteiger partial charge in [-0.3, -0.25) is 4.98 Å². The Morgan fingerprint density at radius 2 is 2.05 bits per heavy atom. The maximum absolute atomic E-state index is 5.68. The van der Waals surface area contributed by atoms with Crippen molar-refractivity contribution >= 4 is 5.69 Å². The van der Waals surface area contributed by atoms with E-state index in [2.05, 4.69) is 15.2 Å². The highest BCUT2D eigenvalue weighted by Crippen LogP contribution is 2.20. The number of nitrogens with one attached hydrogen (secondary N) is 1. The van der Waals surface area contributed by atoms with E-state index in [0.717, 1.165) is 44.0 Å². The minimum atomic E-state index is 0.524. The first kappa shape index (κ1) is 16.0. The Balaban J connectivity index is 1.77. The molecule has 0 radical (unpaired) electrons. The number of anilines is 1. The van der Waals surface area contributed by atoms with Gasteiger partial charge < -0.3 is 24.4 Å². The third-order valence-electron chi connectivity index (χ3n) is 3.33. The quantitative estimate of drug-likeness (QED) is 0.720. The highest BCUT2D eigenvalue weighted by molar-refractivity contribution is 5.48. The summed E-state index contributed by atoms with van der Waals surface area (Å²) in [5.41, 5.74) is 1.12. The molecule has 1 N–H and O–H groups in total. The lowest BCUT2D eigenvalue weighted by Crippen LogP contribution is -2.27. The maximum Gasteiger partial charge on any atom is 0.139 e. The Bertz CT molecular complexity index is 396. The largest absolute Gasteiger partial charge is 0.489 e. The van der Waals surface area contributed by atoms with Gasteiger partial charge in [0.15, 0.2) is 0 Å². The van der Waals surface area contributed by atoms with E-state index in [-0.39, 0.29) is 0 Å². The van der Waals surface area contributed by atoms with Crippen molar-refractivity contribution < 1.29 is 14.2 Å². The fraction of sp³-hybridized carbons (Fsp3) is 0.667. The van der Waals surface area contributed by atoms with Crippen molar-refractivity contribution in [3.8, 4) is 5.75 Å². The number of rotatable bonds is 8. The van der Waals surface area contributed by atoms with Gasteiger partial charge in [0.1, 0.15) is 12.4 Å². The summed E-state index contributed by atoms with van der Waals surface area (Å²) in [6.07, 6.45) is 4.79. The third-order valence-corrected chi connectivity index (χ3v) is 3.33. The second kappa shape index (κ2) is 9.55. The van der Waals surface area contributed by atoms with E-state index in [1.807, 2.05) is 12.3 Å². The maximum atomic E-state index is 5.68. The van der Waals surface area contributed by atoms with E-state index < -0.39 is 0 Å². The second-order valence-corrected chi connectivity index (χ2v) is 4.92. The zero-order chi connectivity index (χ0) is 14.8. The van der Waals surface area contributed by atoms with Gasteiger partial charge in [-0.1, -0.05) is 0 Å². The molecule has 6 heteroatoms. The summed E-state index contributed by atoms with van der Waals surface area (Å²) in [6, 6.07) is 2.05. The van der Waals surface area contributed by atoms with E-state index in [4.69, 9.17) is 14.2 Å². The van der Waals surface area contributed by atoms with Crippen LogP contribution >= 0.6 is 0 Å². The fourth-order valence-electron chi connectivity index (χ4n) is 2.23. The van der Waals surface area contributed by atoms with Crippen LogP contribution in [0.4, 0.5) is 5.69 Å². The summed E-state index contributed by atoms with van der Waals surface area (Å²) in [6.45, 7) is 6.44. The molecule has 1 aromatic rings. The predicted molar refractivity (Wildman–Crippen MR) is 82.1 cm³/mol. The molecule has 0 bridgehead atoms. The molecule has 21 heavy (non-hydrogen) atoms. The molecule has 1 saturated heterocycles. The van der Waals surface area contributed by atoms with Gasteiger partial charge in [-0.15, -0.1) is 0 Å². The van der Waals surface area contributed by atoms with Crippen LogP contribution in [0.3, 0.4) is 0 Å². The molecule has 0 unspecified atom stereocenters. The Morgan fingerprint density at radius 3 is 2.95 bits per heavy atom. The number of pyridine rings is 1. The Kier molecular flexibility index (Phi) is 7.28. The first-order valence-corrected chi connectivity index (χ1v) is 7.50. The van der Waals surface area contributed by atoms with Gasteiger partial charge in [-0.2, -0.15) is 0 Å². The topological polar surface area (TPSA) is 55.9 Å². The molecule has 1 aliphatic heterocycles. The second-order valence-electron chi connectivity index (χ2n) is 4.92. The molecule has 6 nitrogen and oxygen atoms in total. The van der Waals surface area contributed by atoms with Crippen LogP contribution < -0.4 is 15.0 Å².